The molecule has 2 rings (SSSR count). The summed E-state index contributed by atoms with van der Waals surface area (Å²) in [4.78, 5) is 0. The van der Waals surface area contributed by atoms with Crippen molar-refractivity contribution in [3.8, 4) is 0 Å². The highest BCUT2D eigenvalue weighted by molar-refractivity contribution is 6.30. The highest BCUT2D eigenvalue weighted by atomic mass is 35.5. The predicted octanol–water partition coefficient (Wildman–Crippen LogP) is 2.46. The normalized spacial score (nSPS) is 19.1. The maximum Gasteiger partial charge on any atom is 0.0410 e. The Kier molecular flexibility index (Phi) is 2.94. The minimum absolute atomic E-state index is 0.608. The molecular weight excluding hydrogens is 196 g/mol. The summed E-state index contributed by atoms with van der Waals surface area (Å²) < 4.78 is 0. The van der Waals surface area contributed by atoms with E-state index in [1.54, 1.807) is 0 Å². The van der Waals surface area contributed by atoms with Crippen LogP contribution in [0.5, 0.6) is 0 Å². The average molecular weight is 211 g/mol. The third kappa shape index (κ3) is 1.86. The molecule has 0 aliphatic carbocycles. The lowest BCUT2D eigenvalue weighted by Crippen LogP contribution is -2.13. The second-order valence-electron chi connectivity index (χ2n) is 3.70. The minimum atomic E-state index is 0.608. The van der Waals surface area contributed by atoms with E-state index in [0.29, 0.717) is 5.92 Å². The molecule has 0 bridgehead atoms. The quantitative estimate of drug-likeness (QED) is 0.801. The molecule has 0 saturated carbocycles. The van der Waals surface area contributed by atoms with Gasteiger partial charge in [-0.05, 0) is 43.8 Å². The SMILES string of the molecule is CNCCC1CNc2ccc(Cl)cc21. The molecule has 0 aromatic heterocycles. The summed E-state index contributed by atoms with van der Waals surface area (Å²) in [5, 5.41) is 7.41. The number of anilines is 1. The molecular formula is C11H15ClN2. The van der Waals surface area contributed by atoms with E-state index in [1.807, 2.05) is 13.1 Å². The fraction of sp³-hybridized carbons (Fsp3) is 0.455. The third-order valence-corrected chi connectivity index (χ3v) is 2.97. The van der Waals surface area contributed by atoms with Crippen LogP contribution in [0.4, 0.5) is 5.69 Å². The molecule has 76 valence electrons. The molecule has 1 heterocycles. The van der Waals surface area contributed by atoms with Crippen LogP contribution in [-0.2, 0) is 0 Å². The molecule has 0 amide bonds. The topological polar surface area (TPSA) is 24.1 Å². The second-order valence-corrected chi connectivity index (χ2v) is 4.14. The molecule has 0 radical (unpaired) electrons. The van der Waals surface area contributed by atoms with E-state index in [9.17, 15) is 0 Å². The van der Waals surface area contributed by atoms with Crippen molar-refractivity contribution in [3.63, 3.8) is 0 Å². The van der Waals surface area contributed by atoms with E-state index in [1.165, 1.54) is 11.3 Å². The van der Waals surface area contributed by atoms with Gasteiger partial charge < -0.3 is 10.6 Å². The molecule has 0 fully saturated rings. The zero-order chi connectivity index (χ0) is 9.97. The van der Waals surface area contributed by atoms with E-state index >= 15 is 0 Å². The first-order chi connectivity index (χ1) is 6.81. The van der Waals surface area contributed by atoms with Gasteiger partial charge in [-0.15, -0.1) is 0 Å². The molecule has 0 saturated heterocycles. The van der Waals surface area contributed by atoms with Crippen LogP contribution >= 0.6 is 11.6 Å². The summed E-state index contributed by atoms with van der Waals surface area (Å²) in [7, 11) is 1.99. The first-order valence-electron chi connectivity index (χ1n) is 4.99. The second kappa shape index (κ2) is 4.20. The predicted molar refractivity (Wildman–Crippen MR) is 61.2 cm³/mol. The molecule has 14 heavy (non-hydrogen) atoms. The van der Waals surface area contributed by atoms with Crippen LogP contribution in [0.2, 0.25) is 5.02 Å². The molecule has 2 nitrogen and oxygen atoms in total. The third-order valence-electron chi connectivity index (χ3n) is 2.74. The average Bonchev–Trinajstić information content (AvgIpc) is 2.57. The van der Waals surface area contributed by atoms with E-state index < -0.39 is 0 Å². The molecule has 1 aliphatic rings. The molecule has 1 unspecified atom stereocenters. The van der Waals surface area contributed by atoms with E-state index in [2.05, 4.69) is 22.8 Å². The molecule has 1 aliphatic heterocycles. The van der Waals surface area contributed by atoms with E-state index in [-0.39, 0.29) is 0 Å². The van der Waals surface area contributed by atoms with Crippen LogP contribution in [-0.4, -0.2) is 20.1 Å². The Morgan fingerprint density at radius 3 is 3.21 bits per heavy atom. The van der Waals surface area contributed by atoms with E-state index in [0.717, 1.165) is 24.5 Å². The van der Waals surface area contributed by atoms with Gasteiger partial charge in [0.05, 0.1) is 0 Å². The largest absolute Gasteiger partial charge is 0.384 e. The lowest BCUT2D eigenvalue weighted by atomic mass is 9.98. The van der Waals surface area contributed by atoms with Crippen LogP contribution < -0.4 is 10.6 Å². The lowest BCUT2D eigenvalue weighted by molar-refractivity contribution is 0.634. The first-order valence-corrected chi connectivity index (χ1v) is 5.37. The molecule has 1 aromatic carbocycles. The molecule has 1 aromatic rings. The first kappa shape index (κ1) is 9.81. The zero-order valence-corrected chi connectivity index (χ0v) is 9.06. The summed E-state index contributed by atoms with van der Waals surface area (Å²) in [6.45, 7) is 2.09. The van der Waals surface area contributed by atoms with Gasteiger partial charge in [-0.2, -0.15) is 0 Å². The van der Waals surface area contributed by atoms with Crippen LogP contribution in [0.15, 0.2) is 18.2 Å². The Labute approximate surface area is 89.7 Å². The summed E-state index contributed by atoms with van der Waals surface area (Å²) in [6.07, 6.45) is 1.16. The number of fused-ring (bicyclic) bond motifs is 1. The van der Waals surface area contributed by atoms with Crippen molar-refractivity contribution >= 4 is 17.3 Å². The number of benzene rings is 1. The van der Waals surface area contributed by atoms with E-state index in [4.69, 9.17) is 11.6 Å². The smallest absolute Gasteiger partial charge is 0.0410 e. The van der Waals surface area contributed by atoms with Gasteiger partial charge in [-0.3, -0.25) is 0 Å². The maximum absolute atomic E-state index is 5.98. The monoisotopic (exact) mass is 210 g/mol. The van der Waals surface area contributed by atoms with Crippen molar-refractivity contribution in [2.75, 3.05) is 25.5 Å². The molecule has 1 atom stereocenters. The van der Waals surface area contributed by atoms with Gasteiger partial charge in [0, 0.05) is 23.2 Å². The van der Waals surface area contributed by atoms with Crippen LogP contribution in [0.25, 0.3) is 0 Å². The number of hydrogen-bond donors (Lipinski definition) is 2. The Morgan fingerprint density at radius 2 is 2.43 bits per heavy atom. The van der Waals surface area contributed by atoms with Crippen LogP contribution in [0.1, 0.15) is 17.9 Å². The lowest BCUT2D eigenvalue weighted by Gasteiger charge is -2.09. The highest BCUT2D eigenvalue weighted by Gasteiger charge is 2.21. The van der Waals surface area contributed by atoms with Crippen molar-refractivity contribution in [2.45, 2.75) is 12.3 Å². The summed E-state index contributed by atoms with van der Waals surface area (Å²) in [5.41, 5.74) is 2.61. The Morgan fingerprint density at radius 1 is 1.57 bits per heavy atom. The zero-order valence-electron chi connectivity index (χ0n) is 8.31. The number of hydrogen-bond acceptors (Lipinski definition) is 2. The highest BCUT2D eigenvalue weighted by Crippen LogP contribution is 2.34. The summed E-state index contributed by atoms with van der Waals surface area (Å²) in [6, 6.07) is 6.09. The van der Waals surface area contributed by atoms with Crippen molar-refractivity contribution in [1.29, 1.82) is 0 Å². The van der Waals surface area contributed by atoms with Gasteiger partial charge >= 0.3 is 0 Å². The number of halogens is 1. The summed E-state index contributed by atoms with van der Waals surface area (Å²) in [5.74, 6) is 0.608. The molecule has 2 N–H and O–H groups in total. The molecule has 0 spiro atoms. The minimum Gasteiger partial charge on any atom is -0.384 e. The van der Waals surface area contributed by atoms with Crippen LogP contribution in [0.3, 0.4) is 0 Å². The standard InChI is InChI=1S/C11H15ClN2/c1-13-5-4-8-7-14-11-3-2-9(12)6-10(8)11/h2-3,6,8,13-14H,4-5,7H2,1H3. The van der Waals surface area contributed by atoms with Gasteiger partial charge in [0.2, 0.25) is 0 Å². The fourth-order valence-electron chi connectivity index (χ4n) is 1.95. The Hall–Kier alpha value is -0.730. The van der Waals surface area contributed by atoms with Gasteiger partial charge in [0.25, 0.3) is 0 Å². The van der Waals surface area contributed by atoms with Gasteiger partial charge in [-0.25, -0.2) is 0 Å². The number of rotatable bonds is 3. The number of nitrogens with one attached hydrogen (secondary N) is 2. The van der Waals surface area contributed by atoms with Crippen molar-refractivity contribution in [3.05, 3.63) is 28.8 Å². The van der Waals surface area contributed by atoms with Gasteiger partial charge in [0.1, 0.15) is 0 Å². The van der Waals surface area contributed by atoms with Crippen molar-refractivity contribution in [2.24, 2.45) is 0 Å². The van der Waals surface area contributed by atoms with Crippen molar-refractivity contribution in [1.82, 2.24) is 5.32 Å². The fourth-order valence-corrected chi connectivity index (χ4v) is 2.13. The Balaban J connectivity index is 2.16. The van der Waals surface area contributed by atoms with Gasteiger partial charge in [0.15, 0.2) is 0 Å². The maximum atomic E-state index is 5.98. The van der Waals surface area contributed by atoms with Crippen molar-refractivity contribution < 1.29 is 0 Å². The van der Waals surface area contributed by atoms with Crippen LogP contribution in [0, 0.1) is 0 Å². The summed E-state index contributed by atoms with van der Waals surface area (Å²) >= 11 is 5.98. The van der Waals surface area contributed by atoms with Gasteiger partial charge in [-0.1, -0.05) is 11.6 Å². The Bertz CT molecular complexity index is 325. The molecule has 3 heteroatoms.